The lowest BCUT2D eigenvalue weighted by molar-refractivity contribution is -0.141. The zero-order valence-electron chi connectivity index (χ0n) is 27.0. The van der Waals surface area contributed by atoms with E-state index in [2.05, 4.69) is 31.4 Å². The molecule has 0 aliphatic heterocycles. The number of nitrogens with zero attached hydrogens (tertiary/aromatic N) is 2. The van der Waals surface area contributed by atoms with Crippen LogP contribution in [-0.2, 0) is 19.2 Å². The Kier molecular flexibility index (Phi) is 22.3. The predicted molar refractivity (Wildman–Crippen MR) is 165 cm³/mol. The van der Waals surface area contributed by atoms with E-state index >= 15 is 0 Å². The summed E-state index contributed by atoms with van der Waals surface area (Å²) in [5.74, 6) is -2.93. The van der Waals surface area contributed by atoms with E-state index in [0.29, 0.717) is 19.5 Å². The third-order valence-corrected chi connectivity index (χ3v) is 7.70. The van der Waals surface area contributed by atoms with Gasteiger partial charge in [0.1, 0.15) is 18.0 Å². The van der Waals surface area contributed by atoms with Crippen LogP contribution in [0.15, 0.2) is 0 Å². The molecule has 8 nitrogen and oxygen atoms in total. The highest BCUT2D eigenvalue weighted by Crippen LogP contribution is 2.11. The molecule has 0 fully saturated rings. The van der Waals surface area contributed by atoms with Crippen molar-refractivity contribution < 1.29 is 19.2 Å². The molecule has 8 heteroatoms. The van der Waals surface area contributed by atoms with E-state index in [-0.39, 0.29) is 11.8 Å². The Labute approximate surface area is 245 Å². The average Bonchev–Trinajstić information content (AvgIpc) is 2.94. The largest absolute Gasteiger partial charge is 0.345 e. The number of hydrogen-bond acceptors (Lipinski definition) is 4. The summed E-state index contributed by atoms with van der Waals surface area (Å²) in [5.41, 5.74) is 0. The van der Waals surface area contributed by atoms with E-state index in [1.807, 2.05) is 0 Å². The van der Waals surface area contributed by atoms with Gasteiger partial charge in [-0.05, 0) is 39.5 Å². The summed E-state index contributed by atoms with van der Waals surface area (Å²) in [5, 5.41) is 5.78. The molecule has 4 amide bonds. The Morgan fingerprint density at radius 2 is 0.850 bits per heavy atom. The summed E-state index contributed by atoms with van der Waals surface area (Å²) >= 11 is 0. The zero-order valence-corrected chi connectivity index (χ0v) is 27.0. The summed E-state index contributed by atoms with van der Waals surface area (Å²) in [6.45, 7) is 11.0. The summed E-state index contributed by atoms with van der Waals surface area (Å²) in [6.07, 6.45) is 16.2. The molecule has 0 heterocycles. The smallest absolute Gasteiger partial charge is 0.234 e. The standard InChI is InChI=1S/C32H62N4O4/c1-8-11-14-17-20-23-28(33-29(37)26(4)31(39)35(6)24-21-18-15-12-9-2)34-30(38)27(5)32(40)36(7)25-22-19-16-13-10-3/h26-28H,8-25H2,1-7H3,(H,33,37)(H,34,38). The Morgan fingerprint density at radius 3 is 1.20 bits per heavy atom. The van der Waals surface area contributed by atoms with Crippen molar-refractivity contribution in [3.8, 4) is 0 Å². The summed E-state index contributed by atoms with van der Waals surface area (Å²) < 4.78 is 0. The molecule has 0 saturated heterocycles. The highest BCUT2D eigenvalue weighted by molar-refractivity contribution is 6.01. The first-order valence-electron chi connectivity index (χ1n) is 16.2. The minimum absolute atomic E-state index is 0.217. The highest BCUT2D eigenvalue weighted by atomic mass is 16.2. The molecule has 234 valence electrons. The molecular formula is C32H62N4O4. The molecule has 2 atom stereocenters. The van der Waals surface area contributed by atoms with Crippen LogP contribution < -0.4 is 10.6 Å². The highest BCUT2D eigenvalue weighted by Gasteiger charge is 2.29. The van der Waals surface area contributed by atoms with Crippen LogP contribution in [0.3, 0.4) is 0 Å². The molecule has 2 unspecified atom stereocenters. The third-order valence-electron chi connectivity index (χ3n) is 7.70. The van der Waals surface area contributed by atoms with Crippen LogP contribution in [0.5, 0.6) is 0 Å². The van der Waals surface area contributed by atoms with Crippen LogP contribution in [-0.4, -0.2) is 66.8 Å². The van der Waals surface area contributed by atoms with Gasteiger partial charge in [-0.3, -0.25) is 19.2 Å². The minimum Gasteiger partial charge on any atom is -0.345 e. The van der Waals surface area contributed by atoms with Crippen molar-refractivity contribution >= 4 is 23.6 Å². The van der Waals surface area contributed by atoms with Gasteiger partial charge in [-0.15, -0.1) is 0 Å². The van der Waals surface area contributed by atoms with Crippen LogP contribution in [0.25, 0.3) is 0 Å². The summed E-state index contributed by atoms with van der Waals surface area (Å²) in [7, 11) is 3.49. The predicted octanol–water partition coefficient (Wildman–Crippen LogP) is 6.04. The van der Waals surface area contributed by atoms with Crippen LogP contribution >= 0.6 is 0 Å². The van der Waals surface area contributed by atoms with Crippen LogP contribution in [0.4, 0.5) is 0 Å². The zero-order chi connectivity index (χ0) is 30.3. The van der Waals surface area contributed by atoms with Crippen LogP contribution in [0, 0.1) is 11.8 Å². The van der Waals surface area contributed by atoms with E-state index < -0.39 is 29.8 Å². The third kappa shape index (κ3) is 16.9. The van der Waals surface area contributed by atoms with Gasteiger partial charge in [0.15, 0.2) is 0 Å². The van der Waals surface area contributed by atoms with Crippen molar-refractivity contribution in [2.75, 3.05) is 27.2 Å². The Balaban J connectivity index is 5.04. The van der Waals surface area contributed by atoms with Crippen LogP contribution in [0.2, 0.25) is 0 Å². The Bertz CT molecular complexity index is 663. The molecule has 0 aliphatic carbocycles. The molecule has 0 aromatic carbocycles. The van der Waals surface area contributed by atoms with Crippen LogP contribution in [0.1, 0.15) is 137 Å². The van der Waals surface area contributed by atoms with E-state index in [4.69, 9.17) is 0 Å². The molecule has 40 heavy (non-hydrogen) atoms. The number of unbranched alkanes of at least 4 members (excludes halogenated alkanes) is 12. The first kappa shape index (κ1) is 37.9. The number of carbonyl (C=O) groups excluding carboxylic acids is 4. The maximum atomic E-state index is 13.1. The SMILES string of the molecule is CCCCCCCC(NC(=O)C(C)C(=O)N(C)CCCCCCC)NC(=O)C(C)C(=O)N(C)CCCCCCC. The van der Waals surface area contributed by atoms with Crippen molar-refractivity contribution in [3.05, 3.63) is 0 Å². The van der Waals surface area contributed by atoms with Crippen molar-refractivity contribution in [3.63, 3.8) is 0 Å². The fraction of sp³-hybridized carbons (Fsp3) is 0.875. The van der Waals surface area contributed by atoms with E-state index in [1.165, 1.54) is 25.7 Å². The minimum atomic E-state index is -0.849. The Morgan fingerprint density at radius 1 is 0.525 bits per heavy atom. The van der Waals surface area contributed by atoms with Gasteiger partial charge in [-0.1, -0.05) is 97.8 Å². The molecular weight excluding hydrogens is 504 g/mol. The first-order valence-corrected chi connectivity index (χ1v) is 16.2. The van der Waals surface area contributed by atoms with Crippen molar-refractivity contribution in [2.24, 2.45) is 11.8 Å². The van der Waals surface area contributed by atoms with Crippen molar-refractivity contribution in [2.45, 2.75) is 144 Å². The summed E-state index contributed by atoms with van der Waals surface area (Å²) in [4.78, 5) is 55.1. The second-order valence-corrected chi connectivity index (χ2v) is 11.6. The first-order chi connectivity index (χ1) is 19.1. The fourth-order valence-electron chi connectivity index (χ4n) is 4.74. The molecule has 0 aliphatic rings. The molecule has 0 aromatic heterocycles. The van der Waals surface area contributed by atoms with Gasteiger partial charge < -0.3 is 20.4 Å². The quantitative estimate of drug-likeness (QED) is 0.0846. The van der Waals surface area contributed by atoms with Gasteiger partial charge in [0.2, 0.25) is 23.6 Å². The number of amides is 4. The van der Waals surface area contributed by atoms with Crippen molar-refractivity contribution in [1.29, 1.82) is 0 Å². The molecule has 0 spiro atoms. The monoisotopic (exact) mass is 566 g/mol. The van der Waals surface area contributed by atoms with Crippen molar-refractivity contribution in [1.82, 2.24) is 20.4 Å². The molecule has 0 saturated carbocycles. The maximum Gasteiger partial charge on any atom is 0.234 e. The van der Waals surface area contributed by atoms with E-state index in [0.717, 1.165) is 70.6 Å². The maximum absolute atomic E-state index is 13.1. The van der Waals surface area contributed by atoms with Gasteiger partial charge in [-0.2, -0.15) is 0 Å². The number of nitrogens with one attached hydrogen (secondary N) is 2. The van der Waals surface area contributed by atoms with Gasteiger partial charge in [0.25, 0.3) is 0 Å². The van der Waals surface area contributed by atoms with Gasteiger partial charge in [0.05, 0.1) is 0 Å². The van der Waals surface area contributed by atoms with Gasteiger partial charge in [0, 0.05) is 27.2 Å². The van der Waals surface area contributed by atoms with E-state index in [9.17, 15) is 19.2 Å². The molecule has 0 radical (unpaired) electrons. The average molecular weight is 567 g/mol. The lowest BCUT2D eigenvalue weighted by Crippen LogP contribution is -2.53. The Hall–Kier alpha value is -2.12. The number of carbonyl (C=O) groups is 4. The number of hydrogen-bond donors (Lipinski definition) is 2. The normalized spacial score (nSPS) is 13.3. The molecule has 2 N–H and O–H groups in total. The lowest BCUT2D eigenvalue weighted by atomic mass is 10.1. The van der Waals surface area contributed by atoms with Gasteiger partial charge in [-0.25, -0.2) is 0 Å². The lowest BCUT2D eigenvalue weighted by Gasteiger charge is -2.26. The number of rotatable bonds is 24. The molecule has 0 aromatic rings. The molecule has 0 rings (SSSR count). The summed E-state index contributed by atoms with van der Waals surface area (Å²) in [6, 6.07) is 0. The van der Waals surface area contributed by atoms with Gasteiger partial charge >= 0.3 is 0 Å². The second kappa shape index (κ2) is 23.6. The fourth-order valence-corrected chi connectivity index (χ4v) is 4.74. The van der Waals surface area contributed by atoms with E-state index in [1.54, 1.807) is 37.7 Å². The second-order valence-electron chi connectivity index (χ2n) is 11.6. The molecule has 0 bridgehead atoms. The topological polar surface area (TPSA) is 98.8 Å².